The summed E-state index contributed by atoms with van der Waals surface area (Å²) >= 11 is 3.52. The number of hydrogen-bond donors (Lipinski definition) is 0. The summed E-state index contributed by atoms with van der Waals surface area (Å²) in [5.41, 5.74) is 2.43. The Morgan fingerprint density at radius 2 is 1.80 bits per heavy atom. The summed E-state index contributed by atoms with van der Waals surface area (Å²) < 4.78 is 1.99. The maximum absolute atomic E-state index is 4.69. The average Bonchev–Trinajstić information content (AvgIpc) is 2.79. The Kier molecular flexibility index (Phi) is 4.38. The third-order valence-corrected chi connectivity index (χ3v) is 4.43. The summed E-state index contributed by atoms with van der Waals surface area (Å²) in [6.07, 6.45) is 0. The zero-order valence-corrected chi connectivity index (χ0v) is 13.5. The van der Waals surface area contributed by atoms with Crippen molar-refractivity contribution in [3.63, 3.8) is 0 Å². The third kappa shape index (κ3) is 2.90. The Bertz CT molecular complexity index is 572. The molecule has 3 rings (SSSR count). The summed E-state index contributed by atoms with van der Waals surface area (Å²) in [5.74, 6) is 0. The molecular formula is C15H21BrN4. The molecule has 0 aliphatic carbocycles. The Hall–Kier alpha value is -0.910. The molecule has 1 saturated heterocycles. The molecule has 0 N–H and O–H groups in total. The van der Waals surface area contributed by atoms with Crippen molar-refractivity contribution in [3.8, 4) is 0 Å². The van der Waals surface area contributed by atoms with E-state index in [1.807, 2.05) is 11.7 Å². The fourth-order valence-electron chi connectivity index (χ4n) is 2.91. The number of aromatic nitrogens is 2. The van der Waals surface area contributed by atoms with Crippen molar-refractivity contribution in [1.82, 2.24) is 19.6 Å². The smallest absolute Gasteiger partial charge is 0.0843 e. The molecule has 108 valence electrons. The van der Waals surface area contributed by atoms with Gasteiger partial charge in [-0.3, -0.25) is 14.5 Å². The lowest BCUT2D eigenvalue weighted by Gasteiger charge is -2.33. The van der Waals surface area contributed by atoms with Gasteiger partial charge in [0.15, 0.2) is 0 Å². The number of halogens is 1. The van der Waals surface area contributed by atoms with Gasteiger partial charge in [-0.25, -0.2) is 0 Å². The minimum atomic E-state index is 0.962. The van der Waals surface area contributed by atoms with Crippen LogP contribution >= 0.6 is 15.9 Å². The van der Waals surface area contributed by atoms with E-state index in [4.69, 9.17) is 5.10 Å². The van der Waals surface area contributed by atoms with Crippen molar-refractivity contribution in [3.05, 3.63) is 30.0 Å². The van der Waals surface area contributed by atoms with Gasteiger partial charge in [0.05, 0.1) is 11.2 Å². The maximum Gasteiger partial charge on any atom is 0.0843 e. The highest BCUT2D eigenvalue weighted by atomic mass is 79.9. The average molecular weight is 337 g/mol. The van der Waals surface area contributed by atoms with E-state index in [-0.39, 0.29) is 0 Å². The molecule has 4 nitrogen and oxygen atoms in total. The molecule has 0 spiro atoms. The van der Waals surface area contributed by atoms with Gasteiger partial charge in [0.25, 0.3) is 0 Å². The summed E-state index contributed by atoms with van der Waals surface area (Å²) in [4.78, 5) is 5.03. The monoisotopic (exact) mass is 336 g/mol. The van der Waals surface area contributed by atoms with E-state index < -0.39 is 0 Å². The van der Waals surface area contributed by atoms with Crippen molar-refractivity contribution >= 4 is 26.8 Å². The van der Waals surface area contributed by atoms with Crippen molar-refractivity contribution in [1.29, 1.82) is 0 Å². The van der Waals surface area contributed by atoms with Crippen LogP contribution in [0.2, 0.25) is 0 Å². The van der Waals surface area contributed by atoms with Crippen LogP contribution in [0.15, 0.2) is 24.3 Å². The first-order valence-electron chi connectivity index (χ1n) is 7.19. The van der Waals surface area contributed by atoms with Gasteiger partial charge in [0, 0.05) is 57.0 Å². The number of para-hydroxylation sites is 1. The van der Waals surface area contributed by atoms with Gasteiger partial charge in [-0.2, -0.15) is 5.10 Å². The SMILES string of the molecule is Cn1nc(CN2CCN(CCBr)CC2)c2ccccc21. The normalized spacial score (nSPS) is 17.9. The highest BCUT2D eigenvalue weighted by Gasteiger charge is 2.18. The van der Waals surface area contributed by atoms with Crippen LogP contribution in [0, 0.1) is 0 Å². The lowest BCUT2D eigenvalue weighted by molar-refractivity contribution is 0.132. The summed E-state index contributed by atoms with van der Waals surface area (Å²) in [7, 11) is 2.03. The van der Waals surface area contributed by atoms with E-state index in [9.17, 15) is 0 Å². The molecule has 0 bridgehead atoms. The molecule has 0 atom stereocenters. The van der Waals surface area contributed by atoms with E-state index in [0.717, 1.165) is 44.6 Å². The Balaban J connectivity index is 1.69. The molecule has 5 heteroatoms. The third-order valence-electron chi connectivity index (χ3n) is 4.07. The second-order valence-electron chi connectivity index (χ2n) is 5.39. The van der Waals surface area contributed by atoms with Gasteiger partial charge in [0.2, 0.25) is 0 Å². The second-order valence-corrected chi connectivity index (χ2v) is 6.19. The first-order valence-corrected chi connectivity index (χ1v) is 8.31. The summed E-state index contributed by atoms with van der Waals surface area (Å²) in [5, 5.41) is 7.05. The van der Waals surface area contributed by atoms with Gasteiger partial charge >= 0.3 is 0 Å². The van der Waals surface area contributed by atoms with Crippen LogP contribution in [-0.4, -0.2) is 57.6 Å². The number of benzene rings is 1. The highest BCUT2D eigenvalue weighted by molar-refractivity contribution is 9.09. The molecule has 0 radical (unpaired) electrons. The summed E-state index contributed by atoms with van der Waals surface area (Å²) in [6.45, 7) is 6.71. The summed E-state index contributed by atoms with van der Waals surface area (Å²) in [6, 6.07) is 8.49. The van der Waals surface area contributed by atoms with Crippen LogP contribution < -0.4 is 0 Å². The minimum Gasteiger partial charge on any atom is -0.300 e. The lowest BCUT2D eigenvalue weighted by Crippen LogP contribution is -2.46. The van der Waals surface area contributed by atoms with E-state index >= 15 is 0 Å². The first kappa shape index (κ1) is 14.0. The number of alkyl halides is 1. The Morgan fingerprint density at radius 1 is 1.10 bits per heavy atom. The molecule has 0 amide bonds. The van der Waals surface area contributed by atoms with Gasteiger partial charge in [0.1, 0.15) is 0 Å². The molecular weight excluding hydrogens is 316 g/mol. The molecule has 1 aliphatic rings. The minimum absolute atomic E-state index is 0.962. The predicted molar refractivity (Wildman–Crippen MR) is 86.2 cm³/mol. The number of piperazine rings is 1. The molecule has 0 unspecified atom stereocenters. The lowest BCUT2D eigenvalue weighted by atomic mass is 10.2. The Labute approximate surface area is 128 Å². The van der Waals surface area contributed by atoms with Gasteiger partial charge in [-0.05, 0) is 6.07 Å². The van der Waals surface area contributed by atoms with Gasteiger partial charge in [-0.15, -0.1) is 0 Å². The Morgan fingerprint density at radius 3 is 2.55 bits per heavy atom. The van der Waals surface area contributed by atoms with E-state index in [0.29, 0.717) is 0 Å². The standard InChI is InChI=1S/C15H21BrN4/c1-18-15-5-3-2-4-13(15)14(17-18)12-20-10-8-19(7-6-16)9-11-20/h2-5H,6-12H2,1H3. The largest absolute Gasteiger partial charge is 0.300 e. The van der Waals surface area contributed by atoms with Crippen LogP contribution in [0.4, 0.5) is 0 Å². The second kappa shape index (κ2) is 6.24. The molecule has 1 fully saturated rings. The molecule has 1 aromatic carbocycles. The van der Waals surface area contributed by atoms with Crippen LogP contribution in [-0.2, 0) is 13.6 Å². The number of hydrogen-bond acceptors (Lipinski definition) is 3. The quantitative estimate of drug-likeness (QED) is 0.799. The maximum atomic E-state index is 4.69. The van der Waals surface area contributed by atoms with Crippen LogP contribution in [0.5, 0.6) is 0 Å². The van der Waals surface area contributed by atoms with Crippen LogP contribution in [0.1, 0.15) is 5.69 Å². The van der Waals surface area contributed by atoms with E-state index in [1.165, 1.54) is 16.6 Å². The molecule has 20 heavy (non-hydrogen) atoms. The topological polar surface area (TPSA) is 24.3 Å². The fourth-order valence-corrected chi connectivity index (χ4v) is 3.41. The molecule has 2 heterocycles. The fraction of sp³-hybridized carbons (Fsp3) is 0.533. The van der Waals surface area contributed by atoms with Crippen molar-refractivity contribution in [2.75, 3.05) is 38.1 Å². The van der Waals surface area contributed by atoms with Gasteiger partial charge in [-0.1, -0.05) is 34.1 Å². The molecule has 1 aliphatic heterocycles. The number of fused-ring (bicyclic) bond motifs is 1. The predicted octanol–water partition coefficient (Wildman–Crippen LogP) is 2.09. The zero-order chi connectivity index (χ0) is 13.9. The molecule has 2 aromatic rings. The van der Waals surface area contributed by atoms with Crippen LogP contribution in [0.25, 0.3) is 10.9 Å². The zero-order valence-electron chi connectivity index (χ0n) is 11.9. The van der Waals surface area contributed by atoms with Gasteiger partial charge < -0.3 is 0 Å². The first-order chi connectivity index (χ1) is 9.78. The van der Waals surface area contributed by atoms with E-state index in [2.05, 4.69) is 50.0 Å². The number of nitrogens with zero attached hydrogens (tertiary/aromatic N) is 4. The number of rotatable bonds is 4. The molecule has 1 aromatic heterocycles. The van der Waals surface area contributed by atoms with Crippen molar-refractivity contribution in [2.45, 2.75) is 6.54 Å². The van der Waals surface area contributed by atoms with Crippen molar-refractivity contribution in [2.24, 2.45) is 7.05 Å². The number of aryl methyl sites for hydroxylation is 1. The van der Waals surface area contributed by atoms with Crippen molar-refractivity contribution < 1.29 is 0 Å². The van der Waals surface area contributed by atoms with Crippen LogP contribution in [0.3, 0.4) is 0 Å². The molecule has 0 saturated carbocycles. The highest BCUT2D eigenvalue weighted by Crippen LogP contribution is 2.19. The van der Waals surface area contributed by atoms with E-state index in [1.54, 1.807) is 0 Å².